The van der Waals surface area contributed by atoms with Crippen LogP contribution in [0.25, 0.3) is 5.57 Å². The highest BCUT2D eigenvalue weighted by Crippen LogP contribution is 2.56. The number of esters is 2. The Morgan fingerprint density at radius 3 is 1.88 bits per heavy atom. The zero-order valence-electron chi connectivity index (χ0n) is 27.6. The Morgan fingerprint density at radius 2 is 1.35 bits per heavy atom. The Hall–Kier alpha value is -4.52. The number of aryl methyl sites for hydroxylation is 2. The van der Waals surface area contributed by atoms with Gasteiger partial charge in [0.25, 0.3) is 17.7 Å². The maximum atomic E-state index is 15.2. The number of thiocarbonyl (C=S) groups is 1. The molecular formula is C37H32N2O7S3. The highest BCUT2D eigenvalue weighted by atomic mass is 32.2. The monoisotopic (exact) mass is 712 g/mol. The summed E-state index contributed by atoms with van der Waals surface area (Å²) in [7, 11) is 2.47. The van der Waals surface area contributed by atoms with Crippen molar-refractivity contribution >= 4 is 81.5 Å². The molecule has 0 bridgehead atoms. The second-order valence-electron chi connectivity index (χ2n) is 12.3. The second kappa shape index (κ2) is 13.1. The van der Waals surface area contributed by atoms with E-state index in [1.54, 1.807) is 29.2 Å². The second-order valence-corrected chi connectivity index (χ2v) is 15.0. The van der Waals surface area contributed by atoms with Crippen LogP contribution in [0.4, 0.5) is 5.69 Å². The van der Waals surface area contributed by atoms with E-state index in [1.165, 1.54) is 14.2 Å². The van der Waals surface area contributed by atoms with Gasteiger partial charge in [-0.1, -0.05) is 89.8 Å². The summed E-state index contributed by atoms with van der Waals surface area (Å²) >= 11 is 8.34. The van der Waals surface area contributed by atoms with Gasteiger partial charge in [-0.15, -0.1) is 0 Å². The fraction of sp³-hybridized carbons (Fsp3) is 0.243. The van der Waals surface area contributed by atoms with Crippen LogP contribution >= 0.6 is 35.7 Å². The molecule has 0 saturated heterocycles. The summed E-state index contributed by atoms with van der Waals surface area (Å²) in [6.07, 6.45) is 0.0826. The largest absolute Gasteiger partial charge is 0.465 e. The Labute approximate surface area is 297 Å². The number of methoxy groups -OCH3 is 2. The number of anilines is 1. The number of nitrogens with zero attached hydrogens (tertiary/aromatic N) is 2. The zero-order valence-corrected chi connectivity index (χ0v) is 30.1. The lowest BCUT2D eigenvalue weighted by Crippen LogP contribution is -2.62. The Bertz CT molecular complexity index is 1990. The number of benzene rings is 3. The minimum atomic E-state index is -1.20. The summed E-state index contributed by atoms with van der Waals surface area (Å²) in [5.74, 6) is -2.91. The van der Waals surface area contributed by atoms with Crippen molar-refractivity contribution in [2.75, 3.05) is 19.1 Å². The van der Waals surface area contributed by atoms with Crippen molar-refractivity contribution in [2.45, 2.75) is 45.7 Å². The summed E-state index contributed by atoms with van der Waals surface area (Å²) in [4.78, 5) is 71.8. The van der Waals surface area contributed by atoms with Crippen LogP contribution in [-0.4, -0.2) is 65.2 Å². The van der Waals surface area contributed by atoms with Gasteiger partial charge in [0.1, 0.15) is 15.9 Å². The molecule has 9 nitrogen and oxygen atoms in total. The number of hydrogen-bond acceptors (Lipinski definition) is 10. The van der Waals surface area contributed by atoms with E-state index in [-0.39, 0.29) is 27.4 Å². The van der Waals surface area contributed by atoms with Gasteiger partial charge in [0, 0.05) is 17.6 Å². The highest BCUT2D eigenvalue weighted by Gasteiger charge is 2.51. The van der Waals surface area contributed by atoms with Crippen molar-refractivity contribution < 1.29 is 33.4 Å². The average Bonchev–Trinajstić information content (AvgIpc) is 3.63. The van der Waals surface area contributed by atoms with Crippen molar-refractivity contribution in [2.24, 2.45) is 0 Å². The van der Waals surface area contributed by atoms with Gasteiger partial charge in [-0.05, 0) is 57.0 Å². The molecule has 250 valence electrons. The molecule has 0 saturated carbocycles. The van der Waals surface area contributed by atoms with E-state index in [9.17, 15) is 19.2 Å². The van der Waals surface area contributed by atoms with Crippen LogP contribution in [0.5, 0.6) is 0 Å². The third kappa shape index (κ3) is 5.71. The molecule has 6 rings (SSSR count). The predicted octanol–water partition coefficient (Wildman–Crippen LogP) is 6.41. The number of imide groups is 1. The van der Waals surface area contributed by atoms with Crippen LogP contribution in [-0.2, 0) is 30.3 Å². The van der Waals surface area contributed by atoms with Crippen molar-refractivity contribution in [3.8, 4) is 0 Å². The molecule has 0 radical (unpaired) electrons. The van der Waals surface area contributed by atoms with Crippen LogP contribution in [0.1, 0.15) is 56.8 Å². The summed E-state index contributed by atoms with van der Waals surface area (Å²) < 4.78 is 10.5. The summed E-state index contributed by atoms with van der Waals surface area (Å²) in [6, 6.07) is 18.5. The molecule has 3 aromatic carbocycles. The van der Waals surface area contributed by atoms with E-state index < -0.39 is 41.2 Å². The molecular weight excluding hydrogens is 681 g/mol. The minimum absolute atomic E-state index is 0.0826. The van der Waals surface area contributed by atoms with E-state index in [4.69, 9.17) is 21.7 Å². The van der Waals surface area contributed by atoms with Gasteiger partial charge in [-0.3, -0.25) is 24.2 Å². The van der Waals surface area contributed by atoms with Gasteiger partial charge in [-0.2, -0.15) is 0 Å². The fourth-order valence-electron chi connectivity index (χ4n) is 6.47. The molecule has 0 unspecified atom stereocenters. The molecule has 0 N–H and O–H groups in total. The minimum Gasteiger partial charge on any atom is -0.465 e. The molecule has 12 heteroatoms. The topological polar surface area (TPSA) is 110 Å². The first-order valence-electron chi connectivity index (χ1n) is 15.3. The number of hydrogen-bond donors (Lipinski definition) is 0. The smallest absolute Gasteiger partial charge is 0.346 e. The first kappa shape index (κ1) is 34.3. The summed E-state index contributed by atoms with van der Waals surface area (Å²) in [6.45, 7) is 7.45. The van der Waals surface area contributed by atoms with Gasteiger partial charge >= 0.3 is 11.9 Å². The quantitative estimate of drug-likeness (QED) is 0.123. The zero-order chi connectivity index (χ0) is 35.4. The Morgan fingerprint density at radius 1 is 0.816 bits per heavy atom. The predicted molar refractivity (Wildman–Crippen MR) is 194 cm³/mol. The molecule has 3 heterocycles. The van der Waals surface area contributed by atoms with Crippen LogP contribution < -0.4 is 4.90 Å². The molecule has 49 heavy (non-hydrogen) atoms. The normalized spacial score (nSPS) is 17.3. The molecule has 0 spiro atoms. The first-order chi connectivity index (χ1) is 23.3. The van der Waals surface area contributed by atoms with Crippen molar-refractivity contribution in [1.29, 1.82) is 0 Å². The maximum absolute atomic E-state index is 15.2. The van der Waals surface area contributed by atoms with Gasteiger partial charge in [0.15, 0.2) is 0 Å². The van der Waals surface area contributed by atoms with Crippen LogP contribution in [0, 0.1) is 13.8 Å². The lowest BCUT2D eigenvalue weighted by molar-refractivity contribution is -0.138. The number of thioether (sulfide) groups is 2. The number of carbonyl (C=O) groups excluding carboxylic acids is 5. The SMILES string of the molecule is COC(=O)C1=C(C(=O)OC)SC(=C2C(=S)C(C)(C)N(C(=O)[C@H](Cc3ccccc3)N3C(=O)c4ccccc4C3=O)c3c(C)cc(C)cc32)S1. The molecule has 3 aromatic rings. The summed E-state index contributed by atoms with van der Waals surface area (Å²) in [5.41, 5.74) is 3.53. The van der Waals surface area contributed by atoms with Gasteiger partial charge in [0.2, 0.25) is 0 Å². The molecule has 3 amide bonds. The third-order valence-corrected chi connectivity index (χ3v) is 12.0. The van der Waals surface area contributed by atoms with E-state index in [1.807, 2.05) is 70.2 Å². The highest BCUT2D eigenvalue weighted by molar-refractivity contribution is 8.29. The Kier molecular flexibility index (Phi) is 9.16. The Balaban J connectivity index is 1.53. The maximum Gasteiger partial charge on any atom is 0.346 e. The standard InChI is InChI=1S/C37H32N2O7S3/c1-19-16-20(2)27-24(17-19)26(36-48-28(34(43)45-5)29(49-36)35(44)46-6)30(47)37(3,4)39(27)33(42)25(18-21-12-8-7-9-13-21)38-31(40)22-14-10-11-15-23(22)32(38)41/h7-17,25H,18H2,1-6H3/t25-/m0/s1. The van der Waals surface area contributed by atoms with E-state index in [2.05, 4.69) is 0 Å². The fourth-order valence-corrected chi connectivity index (χ4v) is 9.50. The van der Waals surface area contributed by atoms with Gasteiger partial charge in [0.05, 0.1) is 45.7 Å². The van der Waals surface area contributed by atoms with Gasteiger partial charge < -0.3 is 9.47 Å². The van der Waals surface area contributed by atoms with Crippen molar-refractivity contribution in [3.63, 3.8) is 0 Å². The third-order valence-electron chi connectivity index (χ3n) is 8.74. The van der Waals surface area contributed by atoms with Crippen molar-refractivity contribution in [1.82, 2.24) is 4.90 Å². The molecule has 0 fully saturated rings. The molecule has 0 aliphatic carbocycles. The van der Waals surface area contributed by atoms with Crippen LogP contribution in [0.3, 0.4) is 0 Å². The average molecular weight is 713 g/mol. The molecule has 3 aliphatic heterocycles. The molecule has 1 atom stereocenters. The molecule has 0 aromatic heterocycles. The lowest BCUT2D eigenvalue weighted by Gasteiger charge is -2.47. The number of ether oxygens (including phenoxy) is 2. The molecule has 3 aliphatic rings. The van der Waals surface area contributed by atoms with Gasteiger partial charge in [-0.25, -0.2) is 9.59 Å². The first-order valence-corrected chi connectivity index (χ1v) is 17.4. The number of fused-ring (bicyclic) bond motifs is 2. The lowest BCUT2D eigenvalue weighted by atomic mass is 9.80. The summed E-state index contributed by atoms with van der Waals surface area (Å²) in [5, 5.41) is 0. The number of amides is 3. The number of rotatable bonds is 6. The number of carbonyl (C=O) groups is 5. The van der Waals surface area contributed by atoms with E-state index >= 15 is 4.79 Å². The van der Waals surface area contributed by atoms with E-state index in [0.29, 0.717) is 25.9 Å². The van der Waals surface area contributed by atoms with Crippen LogP contribution in [0.15, 0.2) is 80.8 Å². The van der Waals surface area contributed by atoms with E-state index in [0.717, 1.165) is 45.1 Å². The van der Waals surface area contributed by atoms with Crippen LogP contribution in [0.2, 0.25) is 0 Å². The van der Waals surface area contributed by atoms with Crippen molar-refractivity contribution in [3.05, 3.63) is 114 Å².